The van der Waals surface area contributed by atoms with Crippen molar-refractivity contribution in [3.63, 3.8) is 0 Å². The summed E-state index contributed by atoms with van der Waals surface area (Å²) in [6, 6.07) is 13.2. The quantitative estimate of drug-likeness (QED) is 0.400. The molecule has 2 aromatic carbocycles. The number of methoxy groups -OCH3 is 2. The van der Waals surface area contributed by atoms with Gasteiger partial charge in [-0.25, -0.2) is 0 Å². The number of nitrogens with zero attached hydrogens (tertiary/aromatic N) is 3. The second-order valence-corrected chi connectivity index (χ2v) is 9.34. The van der Waals surface area contributed by atoms with E-state index in [4.69, 9.17) is 14.2 Å². The van der Waals surface area contributed by atoms with Crippen molar-refractivity contribution in [2.75, 3.05) is 34.4 Å². The second kappa shape index (κ2) is 12.4. The van der Waals surface area contributed by atoms with Gasteiger partial charge in [0.05, 0.1) is 20.8 Å². The van der Waals surface area contributed by atoms with Gasteiger partial charge in [-0.1, -0.05) is 24.6 Å². The Morgan fingerprint density at radius 3 is 2.57 bits per heavy atom. The van der Waals surface area contributed by atoms with Crippen LogP contribution in [0.15, 0.2) is 47.3 Å². The number of ether oxygens (including phenoxy) is 3. The van der Waals surface area contributed by atoms with Gasteiger partial charge < -0.3 is 24.1 Å². The van der Waals surface area contributed by atoms with Crippen LogP contribution in [-0.2, 0) is 17.6 Å². The zero-order valence-corrected chi connectivity index (χ0v) is 21.7. The van der Waals surface area contributed by atoms with E-state index in [1.165, 1.54) is 19.3 Å². The highest BCUT2D eigenvalue weighted by Gasteiger charge is 2.18. The highest BCUT2D eigenvalue weighted by Crippen LogP contribution is 2.29. The number of aromatic nitrogens is 3. The van der Waals surface area contributed by atoms with Crippen LogP contribution in [0, 0.1) is 5.92 Å². The number of nitrogens with one attached hydrogen (secondary N) is 1. The summed E-state index contributed by atoms with van der Waals surface area (Å²) in [5.41, 5.74) is 1.66. The first-order valence-corrected chi connectivity index (χ1v) is 12.6. The van der Waals surface area contributed by atoms with Gasteiger partial charge >= 0.3 is 0 Å². The Hall–Kier alpha value is -3.88. The Labute approximate surface area is 216 Å². The second-order valence-electron chi connectivity index (χ2n) is 9.34. The molecular weight excluding hydrogens is 472 g/mol. The van der Waals surface area contributed by atoms with E-state index in [2.05, 4.69) is 15.2 Å². The number of amides is 1. The number of likely N-dealkylation sites (N-methyl/N-ethyl adjacent to an activating group) is 1. The third kappa shape index (κ3) is 6.87. The molecule has 0 unspecified atom stereocenters. The molecule has 1 aliphatic carbocycles. The number of hydrogen-bond acceptors (Lipinski definition) is 7. The van der Waals surface area contributed by atoms with Crippen LogP contribution >= 0.6 is 0 Å². The summed E-state index contributed by atoms with van der Waals surface area (Å²) in [4.78, 5) is 29.7. The fourth-order valence-corrected chi connectivity index (χ4v) is 4.13. The maximum Gasteiger partial charge on any atom is 0.273 e. The van der Waals surface area contributed by atoms with Crippen LogP contribution in [0.4, 0.5) is 0 Å². The fourth-order valence-electron chi connectivity index (χ4n) is 4.13. The Bertz CT molecular complexity index is 1270. The lowest BCUT2D eigenvalue weighted by molar-refractivity contribution is -0.129. The maximum absolute atomic E-state index is 12.6. The van der Waals surface area contributed by atoms with Crippen LogP contribution in [0.5, 0.6) is 17.2 Å². The third-order valence-electron chi connectivity index (χ3n) is 6.77. The van der Waals surface area contributed by atoms with Crippen molar-refractivity contribution < 1.29 is 19.0 Å². The molecule has 9 nitrogen and oxygen atoms in total. The molecular formula is C28H34N4O5. The highest BCUT2D eigenvalue weighted by molar-refractivity contribution is 5.76. The van der Waals surface area contributed by atoms with Gasteiger partial charge in [0.2, 0.25) is 5.91 Å². The summed E-state index contributed by atoms with van der Waals surface area (Å²) < 4.78 is 16.5. The number of carbonyl (C=O) groups excluding carboxylic acids is 1. The highest BCUT2D eigenvalue weighted by atomic mass is 16.5. The predicted molar refractivity (Wildman–Crippen MR) is 140 cm³/mol. The lowest BCUT2D eigenvalue weighted by Gasteiger charge is -2.25. The van der Waals surface area contributed by atoms with Crippen molar-refractivity contribution in [2.45, 2.75) is 38.5 Å². The molecule has 0 bridgehead atoms. The molecule has 1 fully saturated rings. The number of aromatic amines is 1. The van der Waals surface area contributed by atoms with E-state index in [1.807, 2.05) is 42.5 Å². The van der Waals surface area contributed by atoms with Gasteiger partial charge in [0.15, 0.2) is 17.3 Å². The molecule has 0 radical (unpaired) electrons. The predicted octanol–water partition coefficient (Wildman–Crippen LogP) is 3.66. The van der Waals surface area contributed by atoms with Gasteiger partial charge in [-0.05, 0) is 55.0 Å². The molecule has 0 aliphatic heterocycles. The van der Waals surface area contributed by atoms with Gasteiger partial charge in [0.1, 0.15) is 11.4 Å². The molecule has 1 heterocycles. The monoisotopic (exact) mass is 506 g/mol. The molecule has 3 aromatic rings. The van der Waals surface area contributed by atoms with Crippen LogP contribution in [-0.4, -0.2) is 60.4 Å². The number of hydrogen-bond donors (Lipinski definition) is 1. The van der Waals surface area contributed by atoms with Gasteiger partial charge in [-0.2, -0.15) is 0 Å². The van der Waals surface area contributed by atoms with Crippen molar-refractivity contribution in [1.82, 2.24) is 20.1 Å². The first kappa shape index (κ1) is 26.2. The fraction of sp³-hybridized carbons (Fsp3) is 0.429. The number of H-pyrrole nitrogens is 1. The summed E-state index contributed by atoms with van der Waals surface area (Å²) in [6.45, 7) is 1.25. The van der Waals surface area contributed by atoms with Crippen LogP contribution in [0.2, 0.25) is 0 Å². The largest absolute Gasteiger partial charge is 0.493 e. The molecule has 0 saturated heterocycles. The number of aryl methyl sites for hydroxylation is 1. The summed E-state index contributed by atoms with van der Waals surface area (Å²) >= 11 is 0. The normalized spacial score (nSPS) is 13.1. The van der Waals surface area contributed by atoms with Gasteiger partial charge in [0.25, 0.3) is 5.56 Å². The van der Waals surface area contributed by atoms with Crippen molar-refractivity contribution in [3.05, 3.63) is 64.1 Å². The Morgan fingerprint density at radius 1 is 1.05 bits per heavy atom. The lowest BCUT2D eigenvalue weighted by Crippen LogP contribution is -2.30. The van der Waals surface area contributed by atoms with Gasteiger partial charge in [-0.3, -0.25) is 9.59 Å². The lowest BCUT2D eigenvalue weighted by atomic mass is 9.86. The van der Waals surface area contributed by atoms with Crippen LogP contribution in [0.3, 0.4) is 0 Å². The maximum atomic E-state index is 12.6. The van der Waals surface area contributed by atoms with Gasteiger partial charge in [-0.15, -0.1) is 10.2 Å². The molecule has 1 aliphatic rings. The molecule has 1 amide bonds. The van der Waals surface area contributed by atoms with Crippen molar-refractivity contribution in [2.24, 2.45) is 5.92 Å². The minimum Gasteiger partial charge on any atom is -0.493 e. The Balaban J connectivity index is 1.29. The molecule has 1 aromatic heterocycles. The standard InChI is InChI=1S/C28H34N4O5/c1-32(15-14-19-10-12-24(35-2)25(16-19)36-3)26(33)13-11-23-28(34)29-27(31-30-23)21-8-5-9-22(17-21)37-18-20-6-4-7-20/h5,8-10,12,16-17,20H,4,6-7,11,13-15,18H2,1-3H3,(H,29,31,34). The van der Waals surface area contributed by atoms with Gasteiger partial charge in [0, 0.05) is 32.0 Å². The molecule has 1 N–H and O–H groups in total. The summed E-state index contributed by atoms with van der Waals surface area (Å²) in [6.07, 6.45) is 4.77. The number of rotatable bonds is 12. The zero-order valence-electron chi connectivity index (χ0n) is 21.7. The minimum absolute atomic E-state index is 0.0675. The number of benzene rings is 2. The van der Waals surface area contributed by atoms with E-state index in [0.717, 1.165) is 16.9 Å². The first-order chi connectivity index (χ1) is 18.0. The number of carbonyl (C=O) groups is 1. The molecule has 4 rings (SSSR count). The molecule has 37 heavy (non-hydrogen) atoms. The molecule has 9 heteroatoms. The molecule has 0 spiro atoms. The zero-order chi connectivity index (χ0) is 26.2. The summed E-state index contributed by atoms with van der Waals surface area (Å²) in [7, 11) is 4.94. The van der Waals surface area contributed by atoms with Crippen LogP contribution in [0.25, 0.3) is 11.4 Å². The van der Waals surface area contributed by atoms with Crippen molar-refractivity contribution in [3.8, 4) is 28.6 Å². The third-order valence-corrected chi connectivity index (χ3v) is 6.77. The summed E-state index contributed by atoms with van der Waals surface area (Å²) in [5, 5.41) is 8.30. The first-order valence-electron chi connectivity index (χ1n) is 12.6. The van der Waals surface area contributed by atoms with E-state index < -0.39 is 0 Å². The molecule has 1 saturated carbocycles. The van der Waals surface area contributed by atoms with E-state index in [0.29, 0.717) is 42.8 Å². The SMILES string of the molecule is COc1ccc(CCN(C)C(=O)CCc2nnc(-c3cccc(OCC4CCC4)c3)[nH]c2=O)cc1OC. The van der Waals surface area contributed by atoms with Crippen LogP contribution < -0.4 is 19.8 Å². The topological polar surface area (TPSA) is 107 Å². The van der Waals surface area contributed by atoms with E-state index in [1.54, 1.807) is 26.2 Å². The average Bonchev–Trinajstić information content (AvgIpc) is 2.89. The summed E-state index contributed by atoms with van der Waals surface area (Å²) in [5.74, 6) is 3.01. The average molecular weight is 507 g/mol. The van der Waals surface area contributed by atoms with E-state index >= 15 is 0 Å². The van der Waals surface area contributed by atoms with E-state index in [9.17, 15) is 9.59 Å². The molecule has 0 atom stereocenters. The Morgan fingerprint density at radius 2 is 1.86 bits per heavy atom. The van der Waals surface area contributed by atoms with Crippen molar-refractivity contribution in [1.29, 1.82) is 0 Å². The minimum atomic E-state index is -0.341. The van der Waals surface area contributed by atoms with Crippen LogP contribution in [0.1, 0.15) is 36.9 Å². The van der Waals surface area contributed by atoms with E-state index in [-0.39, 0.29) is 30.0 Å². The van der Waals surface area contributed by atoms with Crippen molar-refractivity contribution >= 4 is 5.91 Å². The molecule has 196 valence electrons. The smallest absolute Gasteiger partial charge is 0.273 e. The Kier molecular flexibility index (Phi) is 8.77.